The summed E-state index contributed by atoms with van der Waals surface area (Å²) in [5.41, 5.74) is 1.30. The number of aromatic nitrogens is 1. The molecule has 0 unspecified atom stereocenters. The Morgan fingerprint density at radius 3 is 2.46 bits per heavy atom. The maximum absolute atomic E-state index is 12.3. The first-order chi connectivity index (χ1) is 11.5. The van der Waals surface area contributed by atoms with E-state index >= 15 is 0 Å². The van der Waals surface area contributed by atoms with Crippen molar-refractivity contribution in [3.8, 4) is 0 Å². The summed E-state index contributed by atoms with van der Waals surface area (Å²) >= 11 is 5.80. The van der Waals surface area contributed by atoms with Gasteiger partial charge in [-0.25, -0.2) is 9.78 Å². The van der Waals surface area contributed by atoms with Crippen LogP contribution in [0.25, 0.3) is 10.9 Å². The molecule has 24 heavy (non-hydrogen) atoms. The third-order valence-corrected chi connectivity index (χ3v) is 3.84. The minimum Gasteiger partial charge on any atom is -0.450 e. The fraction of sp³-hybridized carbons (Fsp3) is 0.105. The van der Waals surface area contributed by atoms with Gasteiger partial charge in [-0.2, -0.15) is 0 Å². The molecule has 0 saturated heterocycles. The SMILES string of the molecule is C[C@H](OC(=O)c1ccc2ccccc2n1)C(=O)c1ccc(Cl)cc1. The van der Waals surface area contributed by atoms with Crippen LogP contribution in [-0.4, -0.2) is 22.8 Å². The molecule has 1 heterocycles. The quantitative estimate of drug-likeness (QED) is 0.525. The maximum atomic E-state index is 12.3. The number of nitrogens with zero attached hydrogens (tertiary/aromatic N) is 1. The van der Waals surface area contributed by atoms with E-state index in [2.05, 4.69) is 4.98 Å². The molecule has 0 N–H and O–H groups in total. The summed E-state index contributed by atoms with van der Waals surface area (Å²) in [5, 5.41) is 1.47. The summed E-state index contributed by atoms with van der Waals surface area (Å²) < 4.78 is 5.25. The van der Waals surface area contributed by atoms with Crippen LogP contribution in [0.4, 0.5) is 0 Å². The maximum Gasteiger partial charge on any atom is 0.357 e. The molecule has 1 atom stereocenters. The van der Waals surface area contributed by atoms with Gasteiger partial charge in [-0.3, -0.25) is 4.79 Å². The second-order valence-electron chi connectivity index (χ2n) is 5.31. The fourth-order valence-corrected chi connectivity index (χ4v) is 2.43. The Hall–Kier alpha value is -2.72. The zero-order valence-corrected chi connectivity index (χ0v) is 13.7. The minimum absolute atomic E-state index is 0.171. The average Bonchev–Trinajstić information content (AvgIpc) is 2.61. The highest BCUT2D eigenvalue weighted by atomic mass is 35.5. The van der Waals surface area contributed by atoms with Crippen molar-refractivity contribution < 1.29 is 14.3 Å². The van der Waals surface area contributed by atoms with E-state index in [-0.39, 0.29) is 11.5 Å². The summed E-state index contributed by atoms with van der Waals surface area (Å²) in [6, 6.07) is 17.3. The number of pyridine rings is 1. The molecule has 0 saturated carbocycles. The number of ketones is 1. The topological polar surface area (TPSA) is 56.3 Å². The van der Waals surface area contributed by atoms with Gasteiger partial charge in [0.25, 0.3) is 0 Å². The molecule has 0 aliphatic carbocycles. The Balaban J connectivity index is 1.75. The number of carbonyl (C=O) groups excluding carboxylic acids is 2. The third-order valence-electron chi connectivity index (χ3n) is 3.59. The highest BCUT2D eigenvalue weighted by Gasteiger charge is 2.21. The first kappa shape index (κ1) is 16.1. The van der Waals surface area contributed by atoms with Gasteiger partial charge in [-0.15, -0.1) is 0 Å². The van der Waals surface area contributed by atoms with Crippen LogP contribution >= 0.6 is 11.6 Å². The van der Waals surface area contributed by atoms with Crippen molar-refractivity contribution in [2.24, 2.45) is 0 Å². The Labute approximate surface area is 144 Å². The smallest absolute Gasteiger partial charge is 0.357 e. The lowest BCUT2D eigenvalue weighted by atomic mass is 10.1. The number of benzene rings is 2. The molecular weight excluding hydrogens is 326 g/mol. The van der Waals surface area contributed by atoms with Crippen molar-refractivity contribution in [2.75, 3.05) is 0 Å². The van der Waals surface area contributed by atoms with Crippen LogP contribution in [0.5, 0.6) is 0 Å². The van der Waals surface area contributed by atoms with Crippen molar-refractivity contribution in [3.05, 3.63) is 76.9 Å². The second-order valence-corrected chi connectivity index (χ2v) is 5.74. The largest absolute Gasteiger partial charge is 0.450 e. The molecule has 1 aromatic heterocycles. The predicted octanol–water partition coefficient (Wildman–Crippen LogP) is 4.32. The van der Waals surface area contributed by atoms with E-state index < -0.39 is 12.1 Å². The molecule has 3 rings (SSSR count). The standard InChI is InChI=1S/C19H14ClNO3/c1-12(18(22)14-6-9-15(20)10-7-14)24-19(23)17-11-8-13-4-2-3-5-16(13)21-17/h2-12H,1H3/t12-/m0/s1. The predicted molar refractivity (Wildman–Crippen MR) is 92.4 cm³/mol. The van der Waals surface area contributed by atoms with Crippen LogP contribution in [0.15, 0.2) is 60.7 Å². The van der Waals surface area contributed by atoms with Crippen molar-refractivity contribution >= 4 is 34.3 Å². The van der Waals surface area contributed by atoms with Crippen molar-refractivity contribution in [1.82, 2.24) is 4.98 Å². The van der Waals surface area contributed by atoms with Gasteiger partial charge in [-0.1, -0.05) is 35.9 Å². The van der Waals surface area contributed by atoms with Gasteiger partial charge in [0.2, 0.25) is 5.78 Å². The van der Waals surface area contributed by atoms with E-state index in [1.54, 1.807) is 36.4 Å². The average molecular weight is 340 g/mol. The molecule has 3 aromatic rings. The van der Waals surface area contributed by atoms with E-state index in [0.717, 1.165) is 5.39 Å². The van der Waals surface area contributed by atoms with Crippen LogP contribution in [0, 0.1) is 0 Å². The highest BCUT2D eigenvalue weighted by Crippen LogP contribution is 2.15. The van der Waals surface area contributed by atoms with Gasteiger partial charge >= 0.3 is 5.97 Å². The second kappa shape index (κ2) is 6.81. The molecule has 0 amide bonds. The number of halogens is 1. The van der Waals surface area contributed by atoms with Gasteiger partial charge in [0.05, 0.1) is 5.52 Å². The number of fused-ring (bicyclic) bond motifs is 1. The van der Waals surface area contributed by atoms with E-state index in [1.165, 1.54) is 6.92 Å². The lowest BCUT2D eigenvalue weighted by Gasteiger charge is -2.12. The van der Waals surface area contributed by atoms with Crippen molar-refractivity contribution in [1.29, 1.82) is 0 Å². The molecule has 0 aliphatic rings. The number of hydrogen-bond donors (Lipinski definition) is 0. The number of para-hydroxylation sites is 1. The van der Waals surface area contributed by atoms with Crippen LogP contribution in [0.1, 0.15) is 27.8 Å². The lowest BCUT2D eigenvalue weighted by molar-refractivity contribution is 0.0313. The van der Waals surface area contributed by atoms with Crippen LogP contribution < -0.4 is 0 Å². The fourth-order valence-electron chi connectivity index (χ4n) is 2.30. The van der Waals surface area contributed by atoms with Gasteiger partial charge in [-0.05, 0) is 43.3 Å². The molecule has 2 aromatic carbocycles. The van der Waals surface area contributed by atoms with E-state index in [4.69, 9.17) is 16.3 Å². The minimum atomic E-state index is -0.910. The Morgan fingerprint density at radius 1 is 1.00 bits per heavy atom. The normalized spacial score (nSPS) is 11.9. The number of ether oxygens (including phenoxy) is 1. The molecule has 0 bridgehead atoms. The van der Waals surface area contributed by atoms with Crippen LogP contribution in [0.3, 0.4) is 0 Å². The molecule has 0 spiro atoms. The Bertz CT molecular complexity index is 906. The number of hydrogen-bond acceptors (Lipinski definition) is 4. The molecule has 0 aliphatic heterocycles. The molecule has 4 nitrogen and oxygen atoms in total. The number of carbonyl (C=O) groups is 2. The molecule has 0 radical (unpaired) electrons. The summed E-state index contributed by atoms with van der Waals surface area (Å²) in [4.78, 5) is 28.8. The summed E-state index contributed by atoms with van der Waals surface area (Å²) in [7, 11) is 0. The van der Waals surface area contributed by atoms with Crippen molar-refractivity contribution in [3.63, 3.8) is 0 Å². The van der Waals surface area contributed by atoms with E-state index in [0.29, 0.717) is 16.1 Å². The van der Waals surface area contributed by atoms with Crippen LogP contribution in [0.2, 0.25) is 5.02 Å². The highest BCUT2D eigenvalue weighted by molar-refractivity contribution is 6.30. The zero-order valence-electron chi connectivity index (χ0n) is 12.9. The Kier molecular flexibility index (Phi) is 4.58. The van der Waals surface area contributed by atoms with Crippen molar-refractivity contribution in [2.45, 2.75) is 13.0 Å². The van der Waals surface area contributed by atoms with E-state index in [1.807, 2.05) is 24.3 Å². The molecule has 5 heteroatoms. The lowest BCUT2D eigenvalue weighted by Crippen LogP contribution is -2.24. The van der Waals surface area contributed by atoms with Gasteiger partial charge < -0.3 is 4.74 Å². The number of rotatable bonds is 4. The molecule has 120 valence electrons. The number of esters is 1. The van der Waals surface area contributed by atoms with Gasteiger partial charge in [0.1, 0.15) is 5.69 Å². The Morgan fingerprint density at radius 2 is 1.71 bits per heavy atom. The number of Topliss-reactive ketones (excluding diaryl/α,β-unsaturated/α-hetero) is 1. The van der Waals surface area contributed by atoms with Crippen LogP contribution in [-0.2, 0) is 4.74 Å². The summed E-state index contributed by atoms with van der Waals surface area (Å²) in [6.45, 7) is 1.54. The molecular formula is C19H14ClNO3. The first-order valence-corrected chi connectivity index (χ1v) is 7.79. The third kappa shape index (κ3) is 3.44. The zero-order chi connectivity index (χ0) is 17.1. The van der Waals surface area contributed by atoms with Gasteiger partial charge in [0, 0.05) is 16.0 Å². The first-order valence-electron chi connectivity index (χ1n) is 7.41. The summed E-state index contributed by atoms with van der Waals surface area (Å²) in [5.74, 6) is -0.920. The van der Waals surface area contributed by atoms with E-state index in [9.17, 15) is 9.59 Å². The molecule has 0 fully saturated rings. The monoisotopic (exact) mass is 339 g/mol. The summed E-state index contributed by atoms with van der Waals surface area (Å²) in [6.07, 6.45) is -0.910. The van der Waals surface area contributed by atoms with Gasteiger partial charge in [0.15, 0.2) is 6.10 Å².